The topological polar surface area (TPSA) is 70.9 Å². The number of carbonyl (C=O) groups excluding carboxylic acids is 1. The fourth-order valence-corrected chi connectivity index (χ4v) is 0.944. The molecule has 1 aromatic heterocycles. The molecule has 0 saturated heterocycles. The van der Waals surface area contributed by atoms with Crippen LogP contribution < -0.4 is 11.1 Å². The maximum atomic E-state index is 11.2. The van der Waals surface area contributed by atoms with Crippen molar-refractivity contribution in [2.45, 2.75) is 13.5 Å². The van der Waals surface area contributed by atoms with Crippen molar-refractivity contribution in [3.63, 3.8) is 0 Å². The zero-order valence-electron chi connectivity index (χ0n) is 7.05. The largest absolute Gasteiger partial charge is 0.357 e. The van der Waals surface area contributed by atoms with Crippen LogP contribution in [0.5, 0.6) is 0 Å². The van der Waals surface area contributed by atoms with E-state index in [1.54, 1.807) is 12.3 Å². The molecule has 4 N–H and O–H groups in total. The maximum Gasteiger partial charge on any atom is 0.267 e. The molecule has 12 heavy (non-hydrogen) atoms. The van der Waals surface area contributed by atoms with Crippen molar-refractivity contribution in [2.75, 3.05) is 6.54 Å². The van der Waals surface area contributed by atoms with Crippen molar-refractivity contribution >= 4 is 5.91 Å². The van der Waals surface area contributed by atoms with E-state index >= 15 is 0 Å². The van der Waals surface area contributed by atoms with Gasteiger partial charge in [0.15, 0.2) is 0 Å². The first-order valence-corrected chi connectivity index (χ1v) is 3.93. The van der Waals surface area contributed by atoms with Crippen LogP contribution in [0.2, 0.25) is 0 Å². The first-order valence-electron chi connectivity index (χ1n) is 3.93. The molecule has 0 saturated carbocycles. The van der Waals surface area contributed by atoms with E-state index in [1.165, 1.54) is 0 Å². The quantitative estimate of drug-likeness (QED) is 0.602. The Balaban J connectivity index is 2.68. The zero-order chi connectivity index (χ0) is 8.97. The first kappa shape index (κ1) is 8.80. The Morgan fingerprint density at radius 1 is 1.75 bits per heavy atom. The second-order valence-corrected chi connectivity index (χ2v) is 2.49. The number of H-pyrrole nitrogens is 1. The second kappa shape index (κ2) is 3.92. The summed E-state index contributed by atoms with van der Waals surface area (Å²) in [6, 6.07) is 1.75. The summed E-state index contributed by atoms with van der Waals surface area (Å²) in [7, 11) is 0. The predicted molar refractivity (Wildman–Crippen MR) is 46.7 cm³/mol. The molecular weight excluding hydrogens is 154 g/mol. The van der Waals surface area contributed by atoms with Gasteiger partial charge in [0.05, 0.1) is 0 Å². The van der Waals surface area contributed by atoms with Crippen LogP contribution in [0.25, 0.3) is 0 Å². The number of carbonyl (C=O) groups is 1. The number of hydrogen-bond donors (Lipinski definition) is 3. The molecule has 4 heteroatoms. The molecule has 0 spiro atoms. The molecule has 1 heterocycles. The Morgan fingerprint density at radius 2 is 2.50 bits per heavy atom. The van der Waals surface area contributed by atoms with Gasteiger partial charge >= 0.3 is 0 Å². The van der Waals surface area contributed by atoms with E-state index in [1.807, 2.05) is 6.92 Å². The van der Waals surface area contributed by atoms with Gasteiger partial charge < -0.3 is 16.0 Å². The fourth-order valence-electron chi connectivity index (χ4n) is 0.944. The van der Waals surface area contributed by atoms with Crippen LogP contribution in [0.15, 0.2) is 12.3 Å². The van der Waals surface area contributed by atoms with Gasteiger partial charge in [0, 0.05) is 19.3 Å². The number of rotatable bonds is 3. The first-order chi connectivity index (χ1) is 5.77. The minimum atomic E-state index is -0.0859. The third kappa shape index (κ3) is 1.85. The van der Waals surface area contributed by atoms with Gasteiger partial charge in [0.2, 0.25) is 0 Å². The van der Waals surface area contributed by atoms with Crippen LogP contribution in [0.4, 0.5) is 0 Å². The van der Waals surface area contributed by atoms with Crippen LogP contribution in [-0.2, 0) is 6.54 Å². The molecule has 0 radical (unpaired) electrons. The van der Waals surface area contributed by atoms with Crippen LogP contribution >= 0.6 is 0 Å². The molecule has 4 nitrogen and oxygen atoms in total. The van der Waals surface area contributed by atoms with Gasteiger partial charge in [-0.1, -0.05) is 0 Å². The zero-order valence-corrected chi connectivity index (χ0v) is 7.05. The lowest BCUT2D eigenvalue weighted by Gasteiger charge is -1.96. The van der Waals surface area contributed by atoms with Crippen molar-refractivity contribution in [3.05, 3.63) is 23.5 Å². The molecule has 1 amide bonds. The van der Waals surface area contributed by atoms with E-state index in [-0.39, 0.29) is 5.91 Å². The maximum absolute atomic E-state index is 11.2. The lowest BCUT2D eigenvalue weighted by atomic mass is 10.3. The van der Waals surface area contributed by atoms with E-state index < -0.39 is 0 Å². The van der Waals surface area contributed by atoms with Crippen molar-refractivity contribution in [1.29, 1.82) is 0 Å². The second-order valence-electron chi connectivity index (χ2n) is 2.49. The Hall–Kier alpha value is -1.29. The van der Waals surface area contributed by atoms with Crippen LogP contribution in [0, 0.1) is 0 Å². The monoisotopic (exact) mass is 167 g/mol. The Kier molecular flexibility index (Phi) is 2.88. The third-order valence-electron chi connectivity index (χ3n) is 1.56. The molecule has 0 unspecified atom stereocenters. The standard InChI is InChI=1S/C8H13N3O/c1-2-10-8(12)7-3-6(4-9)5-11-7/h3,5,11H,2,4,9H2,1H3,(H,10,12). The molecule has 0 aliphatic rings. The van der Waals surface area contributed by atoms with Gasteiger partial charge in [-0.15, -0.1) is 0 Å². The van der Waals surface area contributed by atoms with Crippen molar-refractivity contribution in [2.24, 2.45) is 5.73 Å². The van der Waals surface area contributed by atoms with Crippen LogP contribution in [-0.4, -0.2) is 17.4 Å². The summed E-state index contributed by atoms with van der Waals surface area (Å²) in [5, 5.41) is 2.69. The number of nitrogens with two attached hydrogens (primary N) is 1. The van der Waals surface area contributed by atoms with Crippen molar-refractivity contribution in [3.8, 4) is 0 Å². The molecule has 1 aromatic rings. The van der Waals surface area contributed by atoms with Crippen molar-refractivity contribution in [1.82, 2.24) is 10.3 Å². The molecule has 1 rings (SSSR count). The molecule has 0 aliphatic carbocycles. The number of nitrogens with one attached hydrogen (secondary N) is 2. The summed E-state index contributed by atoms with van der Waals surface area (Å²) in [5.74, 6) is -0.0859. The van der Waals surface area contributed by atoms with Gasteiger partial charge in [-0.2, -0.15) is 0 Å². The molecule has 0 fully saturated rings. The lowest BCUT2D eigenvalue weighted by Crippen LogP contribution is -2.22. The van der Waals surface area contributed by atoms with Gasteiger partial charge in [-0.05, 0) is 18.6 Å². The highest BCUT2D eigenvalue weighted by Crippen LogP contribution is 2.01. The Labute approximate surface area is 71.2 Å². The fraction of sp³-hybridized carbons (Fsp3) is 0.375. The predicted octanol–water partition coefficient (Wildman–Crippen LogP) is 0.223. The highest BCUT2D eigenvalue weighted by Gasteiger charge is 2.05. The molecule has 0 aromatic carbocycles. The normalized spacial score (nSPS) is 9.83. The summed E-state index contributed by atoms with van der Waals surface area (Å²) in [5.41, 5.74) is 6.89. The van der Waals surface area contributed by atoms with Gasteiger partial charge in [-0.25, -0.2) is 0 Å². The summed E-state index contributed by atoms with van der Waals surface area (Å²) in [6.07, 6.45) is 1.74. The highest BCUT2D eigenvalue weighted by atomic mass is 16.1. The molecule has 0 aliphatic heterocycles. The van der Waals surface area contributed by atoms with E-state index in [0.29, 0.717) is 18.8 Å². The molecule has 0 atom stereocenters. The SMILES string of the molecule is CCNC(=O)c1cc(CN)c[nH]1. The molecule has 66 valence electrons. The summed E-state index contributed by atoms with van der Waals surface area (Å²) < 4.78 is 0. The van der Waals surface area contributed by atoms with E-state index in [0.717, 1.165) is 5.56 Å². The van der Waals surface area contributed by atoms with Gasteiger partial charge in [-0.3, -0.25) is 4.79 Å². The van der Waals surface area contributed by atoms with E-state index in [2.05, 4.69) is 10.3 Å². The highest BCUT2D eigenvalue weighted by molar-refractivity contribution is 5.92. The van der Waals surface area contributed by atoms with Gasteiger partial charge in [0.25, 0.3) is 5.91 Å². The molecule has 0 bridgehead atoms. The number of amides is 1. The van der Waals surface area contributed by atoms with E-state index in [4.69, 9.17) is 5.73 Å². The number of aromatic amines is 1. The molecular formula is C8H13N3O. The Morgan fingerprint density at radius 3 is 3.00 bits per heavy atom. The summed E-state index contributed by atoms with van der Waals surface area (Å²) in [6.45, 7) is 2.97. The minimum absolute atomic E-state index is 0.0859. The van der Waals surface area contributed by atoms with Crippen LogP contribution in [0.3, 0.4) is 0 Å². The van der Waals surface area contributed by atoms with Crippen LogP contribution in [0.1, 0.15) is 23.0 Å². The Bertz CT molecular complexity index is 267. The summed E-state index contributed by atoms with van der Waals surface area (Å²) >= 11 is 0. The smallest absolute Gasteiger partial charge is 0.267 e. The average molecular weight is 167 g/mol. The number of hydrogen-bond acceptors (Lipinski definition) is 2. The average Bonchev–Trinajstić information content (AvgIpc) is 2.52. The summed E-state index contributed by atoms with van der Waals surface area (Å²) in [4.78, 5) is 14.0. The third-order valence-corrected chi connectivity index (χ3v) is 1.56. The minimum Gasteiger partial charge on any atom is -0.357 e. The number of aromatic nitrogens is 1. The lowest BCUT2D eigenvalue weighted by molar-refractivity contribution is 0.0951. The van der Waals surface area contributed by atoms with Gasteiger partial charge in [0.1, 0.15) is 5.69 Å². The van der Waals surface area contributed by atoms with E-state index in [9.17, 15) is 4.79 Å². The van der Waals surface area contributed by atoms with Crippen molar-refractivity contribution < 1.29 is 4.79 Å².